The Kier molecular flexibility index (Phi) is 4.98. The van der Waals surface area contributed by atoms with Gasteiger partial charge in [0.25, 0.3) is 0 Å². The summed E-state index contributed by atoms with van der Waals surface area (Å²) in [7, 11) is 0. The Hall–Kier alpha value is -1.81. The van der Waals surface area contributed by atoms with Crippen LogP contribution in [0.4, 0.5) is 5.69 Å². The van der Waals surface area contributed by atoms with Gasteiger partial charge < -0.3 is 9.73 Å². The van der Waals surface area contributed by atoms with Crippen LogP contribution in [0.3, 0.4) is 0 Å². The highest BCUT2D eigenvalue weighted by atomic mass is 16.3. The van der Waals surface area contributed by atoms with Crippen molar-refractivity contribution >= 4 is 5.69 Å². The van der Waals surface area contributed by atoms with Gasteiger partial charge in [0.2, 0.25) is 0 Å². The maximum atomic E-state index is 5.20. The number of benzene rings is 1. The molecule has 2 rings (SSSR count). The number of hydrogen-bond donors (Lipinski definition) is 1. The van der Waals surface area contributed by atoms with Crippen LogP contribution in [0.1, 0.15) is 25.2 Å². The number of nitrogens with zero attached hydrogens (tertiary/aromatic N) is 2. The third-order valence-corrected chi connectivity index (χ3v) is 3.18. The van der Waals surface area contributed by atoms with Gasteiger partial charge in [-0.1, -0.05) is 26.0 Å². The van der Waals surface area contributed by atoms with Crippen LogP contribution in [0, 0.1) is 0 Å². The summed E-state index contributed by atoms with van der Waals surface area (Å²) in [5.74, 6) is 0.842. The molecule has 2 aromatic rings. The summed E-state index contributed by atoms with van der Waals surface area (Å²) < 4.78 is 5.20. The average Bonchev–Trinajstić information content (AvgIpc) is 2.96. The smallest absolute Gasteiger partial charge is 0.180 e. The zero-order valence-electron chi connectivity index (χ0n) is 11.6. The first-order chi connectivity index (χ1) is 9.31. The summed E-state index contributed by atoms with van der Waals surface area (Å²) in [5, 5.41) is 3.34. The van der Waals surface area contributed by atoms with Crippen LogP contribution in [0.15, 0.2) is 41.3 Å². The van der Waals surface area contributed by atoms with Gasteiger partial charge in [-0.25, -0.2) is 4.98 Å². The number of anilines is 1. The summed E-state index contributed by atoms with van der Waals surface area (Å²) in [6.45, 7) is 8.18. The molecule has 1 N–H and O–H groups in total. The highest BCUT2D eigenvalue weighted by molar-refractivity contribution is 5.45. The molecule has 4 nitrogen and oxygen atoms in total. The zero-order valence-corrected chi connectivity index (χ0v) is 11.6. The molecule has 1 heterocycles. The number of oxazole rings is 1. The lowest BCUT2D eigenvalue weighted by Crippen LogP contribution is -2.22. The normalized spacial score (nSPS) is 10.9. The van der Waals surface area contributed by atoms with E-state index in [2.05, 4.69) is 53.3 Å². The molecule has 0 aliphatic carbocycles. The first-order valence-electron chi connectivity index (χ1n) is 6.74. The van der Waals surface area contributed by atoms with E-state index in [1.807, 2.05) is 0 Å². The maximum absolute atomic E-state index is 5.20. The Morgan fingerprint density at radius 3 is 2.79 bits per heavy atom. The lowest BCUT2D eigenvalue weighted by Gasteiger charge is -2.18. The Bertz CT molecular complexity index is 478. The first kappa shape index (κ1) is 13.6. The van der Waals surface area contributed by atoms with E-state index < -0.39 is 0 Å². The van der Waals surface area contributed by atoms with Gasteiger partial charge in [0.1, 0.15) is 5.76 Å². The average molecular weight is 259 g/mol. The lowest BCUT2D eigenvalue weighted by atomic mass is 10.2. The standard InChI is InChI=1S/C15H21N3O/c1-3-18(4-2)11-13-6-5-7-14(8-13)17-10-15-9-16-12-19-15/h5-9,12,17H,3-4,10-11H2,1-2H3. The molecule has 0 radical (unpaired) electrons. The topological polar surface area (TPSA) is 41.3 Å². The monoisotopic (exact) mass is 259 g/mol. The van der Waals surface area contributed by atoms with E-state index in [9.17, 15) is 0 Å². The fourth-order valence-electron chi connectivity index (χ4n) is 2.00. The van der Waals surface area contributed by atoms with E-state index >= 15 is 0 Å². The molecule has 0 saturated carbocycles. The second kappa shape index (κ2) is 6.95. The summed E-state index contributed by atoms with van der Waals surface area (Å²) in [5.41, 5.74) is 2.44. The van der Waals surface area contributed by atoms with E-state index in [0.29, 0.717) is 6.54 Å². The molecular weight excluding hydrogens is 238 g/mol. The molecule has 1 aromatic carbocycles. The molecule has 0 amide bonds. The van der Waals surface area contributed by atoms with E-state index in [4.69, 9.17) is 4.42 Å². The first-order valence-corrected chi connectivity index (χ1v) is 6.74. The van der Waals surface area contributed by atoms with Gasteiger partial charge in [-0.2, -0.15) is 0 Å². The molecule has 0 fully saturated rings. The molecule has 0 unspecified atom stereocenters. The quantitative estimate of drug-likeness (QED) is 0.829. The minimum absolute atomic E-state index is 0.661. The Balaban J connectivity index is 1.94. The van der Waals surface area contributed by atoms with Crippen LogP contribution in [-0.2, 0) is 13.1 Å². The van der Waals surface area contributed by atoms with Crippen molar-refractivity contribution in [1.82, 2.24) is 9.88 Å². The number of nitrogens with one attached hydrogen (secondary N) is 1. The molecule has 0 saturated heterocycles. The van der Waals surface area contributed by atoms with Crippen molar-refractivity contribution in [2.45, 2.75) is 26.9 Å². The van der Waals surface area contributed by atoms with Crippen molar-refractivity contribution in [1.29, 1.82) is 0 Å². The molecular formula is C15H21N3O. The Morgan fingerprint density at radius 2 is 2.11 bits per heavy atom. The van der Waals surface area contributed by atoms with Crippen molar-refractivity contribution in [3.63, 3.8) is 0 Å². The fraction of sp³-hybridized carbons (Fsp3) is 0.400. The van der Waals surface area contributed by atoms with Crippen LogP contribution in [0.2, 0.25) is 0 Å². The van der Waals surface area contributed by atoms with Crippen LogP contribution >= 0.6 is 0 Å². The third-order valence-electron chi connectivity index (χ3n) is 3.18. The highest BCUT2D eigenvalue weighted by Gasteiger charge is 2.02. The molecule has 0 bridgehead atoms. The second-order valence-electron chi connectivity index (χ2n) is 4.48. The van der Waals surface area contributed by atoms with Gasteiger partial charge in [-0.05, 0) is 30.8 Å². The van der Waals surface area contributed by atoms with Gasteiger partial charge in [0.15, 0.2) is 6.39 Å². The second-order valence-corrected chi connectivity index (χ2v) is 4.48. The van der Waals surface area contributed by atoms with Gasteiger partial charge in [-0.15, -0.1) is 0 Å². The van der Waals surface area contributed by atoms with Crippen molar-refractivity contribution in [3.05, 3.63) is 48.2 Å². The summed E-state index contributed by atoms with van der Waals surface area (Å²) in [6, 6.07) is 8.51. The van der Waals surface area contributed by atoms with E-state index in [1.165, 1.54) is 12.0 Å². The molecule has 0 atom stereocenters. The number of rotatable bonds is 7. The predicted molar refractivity (Wildman–Crippen MR) is 76.9 cm³/mol. The van der Waals surface area contributed by atoms with Crippen molar-refractivity contribution in [2.75, 3.05) is 18.4 Å². The fourth-order valence-corrected chi connectivity index (χ4v) is 2.00. The molecule has 0 aliphatic heterocycles. The van der Waals surface area contributed by atoms with Gasteiger partial charge in [-0.3, -0.25) is 4.90 Å². The van der Waals surface area contributed by atoms with Crippen LogP contribution in [-0.4, -0.2) is 23.0 Å². The minimum atomic E-state index is 0.661. The molecule has 102 valence electrons. The van der Waals surface area contributed by atoms with Crippen LogP contribution in [0.25, 0.3) is 0 Å². The van der Waals surface area contributed by atoms with Crippen molar-refractivity contribution in [2.24, 2.45) is 0 Å². The molecule has 4 heteroatoms. The maximum Gasteiger partial charge on any atom is 0.180 e. The number of aromatic nitrogens is 1. The Labute approximate surface area is 114 Å². The minimum Gasteiger partial charge on any atom is -0.447 e. The Morgan fingerprint density at radius 1 is 1.26 bits per heavy atom. The van der Waals surface area contributed by atoms with E-state index in [1.54, 1.807) is 6.20 Å². The zero-order chi connectivity index (χ0) is 13.5. The van der Waals surface area contributed by atoms with Crippen molar-refractivity contribution < 1.29 is 4.42 Å². The molecule has 0 aliphatic rings. The predicted octanol–water partition coefficient (Wildman–Crippen LogP) is 3.13. The van der Waals surface area contributed by atoms with Crippen molar-refractivity contribution in [3.8, 4) is 0 Å². The van der Waals surface area contributed by atoms with Gasteiger partial charge in [0, 0.05) is 12.2 Å². The highest BCUT2D eigenvalue weighted by Crippen LogP contribution is 2.13. The molecule has 0 spiro atoms. The van der Waals surface area contributed by atoms with E-state index in [0.717, 1.165) is 31.1 Å². The van der Waals surface area contributed by atoms with Gasteiger partial charge >= 0.3 is 0 Å². The van der Waals surface area contributed by atoms with Crippen LogP contribution in [0.5, 0.6) is 0 Å². The van der Waals surface area contributed by atoms with E-state index in [-0.39, 0.29) is 0 Å². The summed E-state index contributed by atoms with van der Waals surface area (Å²) >= 11 is 0. The number of hydrogen-bond acceptors (Lipinski definition) is 4. The SMILES string of the molecule is CCN(CC)Cc1cccc(NCc2cnco2)c1. The third kappa shape index (κ3) is 4.10. The largest absolute Gasteiger partial charge is 0.447 e. The van der Waals surface area contributed by atoms with Gasteiger partial charge in [0.05, 0.1) is 12.7 Å². The molecule has 19 heavy (non-hydrogen) atoms. The molecule has 1 aromatic heterocycles. The summed E-state index contributed by atoms with van der Waals surface area (Å²) in [4.78, 5) is 6.30. The lowest BCUT2D eigenvalue weighted by molar-refractivity contribution is 0.296. The summed E-state index contributed by atoms with van der Waals surface area (Å²) in [6.07, 6.45) is 3.18. The van der Waals surface area contributed by atoms with Crippen LogP contribution < -0.4 is 5.32 Å².